The van der Waals surface area contributed by atoms with Crippen molar-refractivity contribution in [1.82, 2.24) is 19.1 Å². The number of rotatable bonds is 8. The second-order valence-corrected chi connectivity index (χ2v) is 8.44. The van der Waals surface area contributed by atoms with Gasteiger partial charge in [0.25, 0.3) is 5.56 Å². The molecule has 37 heavy (non-hydrogen) atoms. The molecule has 11 heteroatoms. The van der Waals surface area contributed by atoms with E-state index in [0.29, 0.717) is 11.3 Å². The highest BCUT2D eigenvalue weighted by Crippen LogP contribution is 2.21. The zero-order valence-electron chi connectivity index (χ0n) is 19.8. The monoisotopic (exact) mass is 500 g/mol. The minimum atomic E-state index is -1.02. The first-order valence-corrected chi connectivity index (χ1v) is 11.5. The highest BCUT2D eigenvalue weighted by Gasteiger charge is 2.20. The van der Waals surface area contributed by atoms with Crippen molar-refractivity contribution >= 4 is 34.1 Å². The van der Waals surface area contributed by atoms with E-state index in [1.165, 1.54) is 28.5 Å². The summed E-state index contributed by atoms with van der Waals surface area (Å²) in [6, 6.07) is 20.1. The first-order valence-electron chi connectivity index (χ1n) is 11.5. The summed E-state index contributed by atoms with van der Waals surface area (Å²) in [6.07, 6.45) is 0.366. The maximum absolute atomic E-state index is 12.7. The molecular formula is C26H24N6O5. The van der Waals surface area contributed by atoms with Gasteiger partial charge in [-0.15, -0.1) is 0 Å². The molecular weight excluding hydrogens is 476 g/mol. The summed E-state index contributed by atoms with van der Waals surface area (Å²) in [4.78, 5) is 31.4. The summed E-state index contributed by atoms with van der Waals surface area (Å²) in [5.41, 5.74) is 2.15. The molecule has 2 aromatic heterocycles. The molecule has 0 bridgehead atoms. The van der Waals surface area contributed by atoms with Crippen LogP contribution in [0.5, 0.6) is 11.5 Å². The van der Waals surface area contributed by atoms with E-state index in [2.05, 4.69) is 20.5 Å². The molecule has 3 aromatic carbocycles. The van der Waals surface area contributed by atoms with Crippen molar-refractivity contribution in [2.24, 2.45) is 12.1 Å². The third-order valence-electron chi connectivity index (χ3n) is 5.87. The van der Waals surface area contributed by atoms with Crippen LogP contribution in [-0.4, -0.2) is 48.2 Å². The molecule has 0 spiro atoms. The Balaban J connectivity index is 1.41. The smallest absolute Gasteiger partial charge is 0.329 e. The van der Waals surface area contributed by atoms with E-state index in [-0.39, 0.29) is 36.0 Å². The van der Waals surface area contributed by atoms with Gasteiger partial charge in [0.2, 0.25) is 5.95 Å². The highest BCUT2D eigenvalue weighted by molar-refractivity contribution is 5.84. The molecule has 0 aliphatic carbocycles. The SMILES string of the molecule is Cn1c(=O)[nH]c(=O)c2c1nc(N/N=C\c1ccccc1O)n2C[C@@H](O)COc1ccc2ccccc2c1. The Bertz CT molecular complexity index is 1740. The summed E-state index contributed by atoms with van der Waals surface area (Å²) in [7, 11) is 1.48. The number of anilines is 1. The van der Waals surface area contributed by atoms with Crippen LogP contribution in [0, 0.1) is 0 Å². The fraction of sp³-hybridized carbons (Fsp3) is 0.154. The molecule has 4 N–H and O–H groups in total. The van der Waals surface area contributed by atoms with Crippen LogP contribution in [0.3, 0.4) is 0 Å². The molecule has 0 saturated carbocycles. The number of hydrazone groups is 1. The second kappa shape index (κ2) is 9.99. The Hall–Kier alpha value is -4.90. The number of phenols is 1. The predicted molar refractivity (Wildman–Crippen MR) is 140 cm³/mol. The van der Waals surface area contributed by atoms with Crippen molar-refractivity contribution < 1.29 is 14.9 Å². The van der Waals surface area contributed by atoms with Gasteiger partial charge in [0.15, 0.2) is 11.2 Å². The first-order chi connectivity index (χ1) is 17.9. The zero-order chi connectivity index (χ0) is 25.9. The van der Waals surface area contributed by atoms with Crippen LogP contribution in [0.15, 0.2) is 81.4 Å². The van der Waals surface area contributed by atoms with Gasteiger partial charge < -0.3 is 19.5 Å². The third-order valence-corrected chi connectivity index (χ3v) is 5.87. The van der Waals surface area contributed by atoms with E-state index in [1.54, 1.807) is 18.2 Å². The van der Waals surface area contributed by atoms with Gasteiger partial charge in [0.1, 0.15) is 24.2 Å². The third kappa shape index (κ3) is 4.93. The normalized spacial score (nSPS) is 12.4. The summed E-state index contributed by atoms with van der Waals surface area (Å²) in [5.74, 6) is 0.763. The average molecular weight is 501 g/mol. The molecule has 0 fully saturated rings. The van der Waals surface area contributed by atoms with Crippen LogP contribution in [0.2, 0.25) is 0 Å². The summed E-state index contributed by atoms with van der Waals surface area (Å²) < 4.78 is 8.43. The number of nitrogens with zero attached hydrogens (tertiary/aromatic N) is 4. The number of nitrogens with one attached hydrogen (secondary N) is 2. The van der Waals surface area contributed by atoms with Crippen molar-refractivity contribution in [3.05, 3.63) is 93.1 Å². The number of fused-ring (bicyclic) bond motifs is 2. The van der Waals surface area contributed by atoms with Crippen molar-refractivity contribution in [2.75, 3.05) is 12.0 Å². The second-order valence-electron chi connectivity index (χ2n) is 8.44. The minimum absolute atomic E-state index is 0.0432. The molecule has 0 saturated heterocycles. The molecule has 2 heterocycles. The Labute approximate surface area is 209 Å². The number of ether oxygens (including phenoxy) is 1. The lowest BCUT2D eigenvalue weighted by molar-refractivity contribution is 0.0939. The maximum Gasteiger partial charge on any atom is 0.329 e. The summed E-state index contributed by atoms with van der Waals surface area (Å²) in [5, 5.41) is 26.9. The first kappa shape index (κ1) is 23.8. The van der Waals surface area contributed by atoms with Crippen LogP contribution in [0.25, 0.3) is 21.9 Å². The molecule has 11 nitrogen and oxygen atoms in total. The van der Waals surface area contributed by atoms with Gasteiger partial charge in [0.05, 0.1) is 12.8 Å². The maximum atomic E-state index is 12.7. The Kier molecular flexibility index (Phi) is 6.43. The van der Waals surface area contributed by atoms with Crippen molar-refractivity contribution in [3.63, 3.8) is 0 Å². The number of aliphatic hydroxyl groups is 1. The van der Waals surface area contributed by atoms with Gasteiger partial charge in [-0.25, -0.2) is 10.2 Å². The molecule has 5 aromatic rings. The van der Waals surface area contributed by atoms with E-state index >= 15 is 0 Å². The van der Waals surface area contributed by atoms with Gasteiger partial charge in [-0.05, 0) is 35.0 Å². The van der Waals surface area contributed by atoms with E-state index < -0.39 is 17.4 Å². The molecule has 0 aliphatic rings. The van der Waals surface area contributed by atoms with E-state index in [0.717, 1.165) is 10.8 Å². The van der Waals surface area contributed by atoms with Crippen LogP contribution in [0.4, 0.5) is 5.95 Å². The number of hydrogen-bond donors (Lipinski definition) is 4. The molecule has 188 valence electrons. The number of para-hydroxylation sites is 1. The van der Waals surface area contributed by atoms with Crippen LogP contribution in [0.1, 0.15) is 5.56 Å². The number of hydrogen-bond acceptors (Lipinski definition) is 8. The number of H-pyrrole nitrogens is 1. The lowest BCUT2D eigenvalue weighted by atomic mass is 10.1. The summed E-state index contributed by atoms with van der Waals surface area (Å²) >= 11 is 0. The largest absolute Gasteiger partial charge is 0.507 e. The number of aromatic hydroxyl groups is 1. The number of aryl methyl sites for hydroxylation is 1. The lowest BCUT2D eigenvalue weighted by Gasteiger charge is -2.15. The molecule has 0 unspecified atom stereocenters. The quantitative estimate of drug-likeness (QED) is 0.189. The Morgan fingerprint density at radius 2 is 1.86 bits per heavy atom. The van der Waals surface area contributed by atoms with E-state index in [4.69, 9.17) is 4.74 Å². The van der Waals surface area contributed by atoms with Crippen LogP contribution < -0.4 is 21.4 Å². The highest BCUT2D eigenvalue weighted by atomic mass is 16.5. The number of aromatic amines is 1. The number of phenolic OH excluding ortho intramolecular Hbond substituents is 1. The Morgan fingerprint density at radius 1 is 1.11 bits per heavy atom. The topological polar surface area (TPSA) is 147 Å². The lowest BCUT2D eigenvalue weighted by Crippen LogP contribution is -2.30. The van der Waals surface area contributed by atoms with Crippen LogP contribution >= 0.6 is 0 Å². The number of aromatic nitrogens is 4. The van der Waals surface area contributed by atoms with Crippen molar-refractivity contribution in [2.45, 2.75) is 12.6 Å². The molecule has 1 atom stereocenters. The van der Waals surface area contributed by atoms with Crippen molar-refractivity contribution in [3.8, 4) is 11.5 Å². The molecule has 0 radical (unpaired) electrons. The minimum Gasteiger partial charge on any atom is -0.507 e. The van der Waals surface area contributed by atoms with Gasteiger partial charge in [-0.1, -0.05) is 42.5 Å². The molecule has 5 rings (SSSR count). The van der Waals surface area contributed by atoms with Gasteiger partial charge in [-0.2, -0.15) is 10.1 Å². The van der Waals surface area contributed by atoms with Crippen molar-refractivity contribution in [1.29, 1.82) is 0 Å². The van der Waals surface area contributed by atoms with E-state index in [1.807, 2.05) is 42.5 Å². The zero-order valence-corrected chi connectivity index (χ0v) is 19.8. The average Bonchev–Trinajstić information content (AvgIpc) is 3.25. The molecule has 0 amide bonds. The number of benzene rings is 3. The standard InChI is InChI=1S/C26H24N6O5/c1-31-23-22(24(35)29-26(31)36)32(25(28-23)30-27-13-18-8-4-5-9-21(18)34)14-19(33)15-37-20-11-10-16-6-2-3-7-17(16)12-20/h2-13,19,33-34H,14-15H2,1H3,(H,28,30)(H,29,35,36)/b27-13-/t19-/m1/s1. The number of imidazole rings is 1. The fourth-order valence-electron chi connectivity index (χ4n) is 3.97. The Morgan fingerprint density at radius 3 is 2.68 bits per heavy atom. The van der Waals surface area contributed by atoms with Gasteiger partial charge in [0, 0.05) is 12.6 Å². The van der Waals surface area contributed by atoms with Gasteiger partial charge in [-0.3, -0.25) is 14.3 Å². The van der Waals surface area contributed by atoms with Crippen LogP contribution in [-0.2, 0) is 13.6 Å². The fourth-order valence-corrected chi connectivity index (χ4v) is 3.97. The number of aliphatic hydroxyl groups excluding tert-OH is 1. The molecule has 0 aliphatic heterocycles. The van der Waals surface area contributed by atoms with E-state index in [9.17, 15) is 19.8 Å². The van der Waals surface area contributed by atoms with Gasteiger partial charge >= 0.3 is 5.69 Å². The summed E-state index contributed by atoms with van der Waals surface area (Å²) in [6.45, 7) is -0.123. The predicted octanol–water partition coefficient (Wildman–Crippen LogP) is 2.17.